The van der Waals surface area contributed by atoms with Gasteiger partial charge in [0.15, 0.2) is 5.13 Å². The number of aliphatic carboxylic acids is 1. The van der Waals surface area contributed by atoms with Gasteiger partial charge in [-0.2, -0.15) is 0 Å². The number of anilines is 1. The Morgan fingerprint density at radius 3 is 2.67 bits per heavy atom. The summed E-state index contributed by atoms with van der Waals surface area (Å²) >= 11 is 14.1. The number of amides is 1. The zero-order valence-electron chi connectivity index (χ0n) is 20.0. The lowest BCUT2D eigenvalue weighted by molar-refractivity contribution is -0.132. The van der Waals surface area contributed by atoms with Gasteiger partial charge in [0, 0.05) is 40.4 Å². The molecule has 0 unspecified atom stereocenters. The van der Waals surface area contributed by atoms with Crippen LogP contribution in [0.3, 0.4) is 0 Å². The molecule has 0 fully saturated rings. The lowest BCUT2D eigenvalue weighted by Crippen LogP contribution is -2.12. The summed E-state index contributed by atoms with van der Waals surface area (Å²) in [5.74, 6) is -1.46. The smallest absolute Gasteiger partial charge is 0.331 e. The minimum Gasteiger partial charge on any atom is -0.478 e. The number of hydrogen-bond donors (Lipinski definition) is 2. The van der Waals surface area contributed by atoms with Gasteiger partial charge in [0.25, 0.3) is 5.91 Å². The molecule has 0 atom stereocenters. The molecule has 6 nitrogen and oxygen atoms in total. The molecule has 2 N–H and O–H groups in total. The van der Waals surface area contributed by atoms with Gasteiger partial charge >= 0.3 is 5.97 Å². The van der Waals surface area contributed by atoms with Crippen LogP contribution in [-0.4, -0.2) is 35.2 Å². The average Bonchev–Trinajstić information content (AvgIpc) is 3.26. The van der Waals surface area contributed by atoms with E-state index in [0.29, 0.717) is 10.7 Å². The molecule has 0 saturated carbocycles. The molecule has 1 heterocycles. The fraction of sp³-hybridized carbons (Fsp3) is 0.296. The Bertz CT molecular complexity index is 1330. The van der Waals surface area contributed by atoms with E-state index in [1.807, 2.05) is 6.92 Å². The molecular weight excluding hydrogens is 519 g/mol. The van der Waals surface area contributed by atoms with Crippen LogP contribution in [0.25, 0.3) is 17.3 Å². The molecule has 3 aromatic rings. The van der Waals surface area contributed by atoms with Gasteiger partial charge in [-0.05, 0) is 68.9 Å². The number of carboxylic acid groups (broad SMARTS) is 1. The Morgan fingerprint density at radius 2 is 1.97 bits per heavy atom. The second-order valence-corrected chi connectivity index (χ2v) is 10.4. The normalized spacial score (nSPS) is 12.7. The first-order valence-corrected chi connectivity index (χ1v) is 13.3. The van der Waals surface area contributed by atoms with E-state index in [9.17, 15) is 9.59 Å². The van der Waals surface area contributed by atoms with Crippen molar-refractivity contribution >= 4 is 57.6 Å². The molecule has 0 bridgehead atoms. The average molecular weight is 545 g/mol. The minimum atomic E-state index is -1.07. The number of carbonyl (C=O) groups excluding carboxylic acids is 1. The van der Waals surface area contributed by atoms with Crippen molar-refractivity contribution < 1.29 is 19.4 Å². The van der Waals surface area contributed by atoms with Gasteiger partial charge in [0.1, 0.15) is 0 Å². The van der Waals surface area contributed by atoms with Crippen LogP contribution in [0.15, 0.2) is 35.9 Å². The van der Waals surface area contributed by atoms with Crippen LogP contribution in [0.1, 0.15) is 52.2 Å². The Balaban J connectivity index is 1.54. The SMILES string of the molecule is CCOCCCc1cccc2c1CCc1sc(NC(=O)c3cc(Cl)c(/C=C(\C)C(=O)O)c(Cl)c3)nc1-2. The first kappa shape index (κ1) is 26.4. The van der Waals surface area contributed by atoms with E-state index in [4.69, 9.17) is 38.0 Å². The molecule has 0 radical (unpaired) electrons. The molecule has 36 heavy (non-hydrogen) atoms. The molecular formula is C27H26Cl2N2O4S. The highest BCUT2D eigenvalue weighted by Gasteiger charge is 2.24. The van der Waals surface area contributed by atoms with Crippen LogP contribution in [-0.2, 0) is 28.8 Å². The summed E-state index contributed by atoms with van der Waals surface area (Å²) in [6.45, 7) is 4.93. The number of aryl methyl sites for hydroxylation is 2. The minimum absolute atomic E-state index is 0.0853. The highest BCUT2D eigenvalue weighted by Crippen LogP contribution is 2.40. The number of ether oxygens (including phenoxy) is 1. The topological polar surface area (TPSA) is 88.5 Å². The Labute approximate surface area is 223 Å². The molecule has 1 aromatic heterocycles. The van der Waals surface area contributed by atoms with Crippen LogP contribution in [0, 0.1) is 0 Å². The lowest BCUT2D eigenvalue weighted by atomic mass is 9.88. The van der Waals surface area contributed by atoms with Crippen molar-refractivity contribution in [3.8, 4) is 11.3 Å². The second-order valence-electron chi connectivity index (χ2n) is 8.47. The van der Waals surface area contributed by atoms with E-state index >= 15 is 0 Å². The van der Waals surface area contributed by atoms with Gasteiger partial charge in [-0.15, -0.1) is 11.3 Å². The van der Waals surface area contributed by atoms with E-state index in [2.05, 4.69) is 23.5 Å². The van der Waals surface area contributed by atoms with Crippen LogP contribution < -0.4 is 5.32 Å². The summed E-state index contributed by atoms with van der Waals surface area (Å²) in [6.07, 6.45) is 5.14. The molecule has 2 aromatic carbocycles. The van der Waals surface area contributed by atoms with Gasteiger partial charge in [0.2, 0.25) is 0 Å². The molecule has 188 valence electrons. The third kappa shape index (κ3) is 5.81. The van der Waals surface area contributed by atoms with E-state index in [0.717, 1.165) is 55.0 Å². The van der Waals surface area contributed by atoms with Crippen molar-refractivity contribution in [3.05, 3.63) is 73.1 Å². The van der Waals surface area contributed by atoms with Crippen molar-refractivity contribution in [1.82, 2.24) is 4.98 Å². The largest absolute Gasteiger partial charge is 0.478 e. The molecule has 1 amide bonds. The maximum Gasteiger partial charge on any atom is 0.331 e. The summed E-state index contributed by atoms with van der Waals surface area (Å²) < 4.78 is 5.49. The number of thiazole rings is 1. The molecule has 1 aliphatic rings. The van der Waals surface area contributed by atoms with Gasteiger partial charge in [-0.25, -0.2) is 9.78 Å². The second kappa shape index (κ2) is 11.6. The number of carbonyl (C=O) groups is 2. The number of benzene rings is 2. The van der Waals surface area contributed by atoms with Crippen LogP contribution in [0.2, 0.25) is 10.0 Å². The highest BCUT2D eigenvalue weighted by molar-refractivity contribution is 7.16. The predicted octanol–water partition coefficient (Wildman–Crippen LogP) is 6.92. The maximum absolute atomic E-state index is 13.0. The monoisotopic (exact) mass is 544 g/mol. The molecule has 1 aliphatic carbocycles. The van der Waals surface area contributed by atoms with Crippen molar-refractivity contribution in [2.75, 3.05) is 18.5 Å². The molecule has 4 rings (SSSR count). The van der Waals surface area contributed by atoms with Gasteiger partial charge in [-0.3, -0.25) is 10.1 Å². The number of nitrogens with zero attached hydrogens (tertiary/aromatic N) is 1. The Morgan fingerprint density at radius 1 is 1.22 bits per heavy atom. The first-order valence-electron chi connectivity index (χ1n) is 11.7. The van der Waals surface area contributed by atoms with Crippen molar-refractivity contribution in [3.63, 3.8) is 0 Å². The summed E-state index contributed by atoms with van der Waals surface area (Å²) in [6, 6.07) is 9.28. The number of fused-ring (bicyclic) bond motifs is 3. The predicted molar refractivity (Wildman–Crippen MR) is 145 cm³/mol. The Kier molecular flexibility index (Phi) is 8.46. The number of aromatic nitrogens is 1. The highest BCUT2D eigenvalue weighted by atomic mass is 35.5. The standard InChI is InChI=1S/C27H26Cl2N2O4S/c1-3-35-11-5-7-16-6-4-8-19-18(16)9-10-23-24(19)30-27(36-23)31-25(32)17-13-21(28)20(22(29)14-17)12-15(2)26(33)34/h4,6,8,12-14H,3,5,7,9-11H2,1-2H3,(H,33,34)(H,30,31,32)/b15-12+. The summed E-state index contributed by atoms with van der Waals surface area (Å²) in [5.41, 5.74) is 5.40. The number of carboxylic acids is 1. The summed E-state index contributed by atoms with van der Waals surface area (Å²) in [7, 11) is 0. The van der Waals surface area contributed by atoms with Crippen molar-refractivity contribution in [1.29, 1.82) is 0 Å². The first-order chi connectivity index (χ1) is 17.3. The fourth-order valence-electron chi connectivity index (χ4n) is 4.22. The third-order valence-corrected chi connectivity index (χ3v) is 7.68. The van der Waals surface area contributed by atoms with Crippen molar-refractivity contribution in [2.24, 2.45) is 0 Å². The quantitative estimate of drug-likeness (QED) is 0.225. The number of nitrogens with one attached hydrogen (secondary N) is 1. The summed E-state index contributed by atoms with van der Waals surface area (Å²) in [4.78, 5) is 30.0. The molecule has 0 aliphatic heterocycles. The van der Waals surface area contributed by atoms with E-state index in [1.165, 1.54) is 47.6 Å². The van der Waals surface area contributed by atoms with Crippen molar-refractivity contribution in [2.45, 2.75) is 39.5 Å². The van der Waals surface area contributed by atoms with Gasteiger partial charge < -0.3 is 9.84 Å². The number of rotatable bonds is 9. The Hall–Kier alpha value is -2.71. The zero-order valence-corrected chi connectivity index (χ0v) is 22.3. The van der Waals surface area contributed by atoms with E-state index in [-0.39, 0.29) is 27.1 Å². The molecule has 0 spiro atoms. The maximum atomic E-state index is 13.0. The third-order valence-electron chi connectivity index (χ3n) is 6.03. The number of hydrogen-bond acceptors (Lipinski definition) is 5. The van der Waals surface area contributed by atoms with Crippen LogP contribution in [0.4, 0.5) is 5.13 Å². The fourth-order valence-corrected chi connectivity index (χ4v) is 5.79. The number of halogens is 2. The van der Waals surface area contributed by atoms with Gasteiger partial charge in [0.05, 0.1) is 15.7 Å². The lowest BCUT2D eigenvalue weighted by Gasteiger charge is -2.18. The van der Waals surface area contributed by atoms with Crippen LogP contribution >= 0.6 is 34.5 Å². The van der Waals surface area contributed by atoms with Gasteiger partial charge in [-0.1, -0.05) is 41.4 Å². The van der Waals surface area contributed by atoms with Crippen LogP contribution in [0.5, 0.6) is 0 Å². The van der Waals surface area contributed by atoms with E-state index < -0.39 is 5.97 Å². The zero-order chi connectivity index (χ0) is 25.8. The van der Waals surface area contributed by atoms with E-state index in [1.54, 1.807) is 0 Å². The summed E-state index contributed by atoms with van der Waals surface area (Å²) in [5, 5.41) is 12.9. The molecule has 9 heteroatoms. The molecule has 0 saturated heterocycles.